The number of rotatable bonds is 3. The number of anilines is 1. The highest BCUT2D eigenvalue weighted by molar-refractivity contribution is 8.00. The van der Waals surface area contributed by atoms with Crippen molar-refractivity contribution in [2.45, 2.75) is 23.5 Å². The topological polar surface area (TPSA) is 64.6 Å². The third-order valence-electron chi connectivity index (χ3n) is 4.39. The van der Waals surface area contributed by atoms with Crippen LogP contribution in [0.25, 0.3) is 11.1 Å². The van der Waals surface area contributed by atoms with Gasteiger partial charge in [0.2, 0.25) is 0 Å². The summed E-state index contributed by atoms with van der Waals surface area (Å²) in [5.74, 6) is -1.14. The fraction of sp³-hybridized carbons (Fsp3) is 0.238. The molecule has 2 aromatic carbocycles. The molecule has 6 heteroatoms. The van der Waals surface area contributed by atoms with Gasteiger partial charge in [0.25, 0.3) is 0 Å². The van der Waals surface area contributed by atoms with E-state index in [1.54, 1.807) is 11.8 Å². The Labute approximate surface area is 162 Å². The fourth-order valence-electron chi connectivity index (χ4n) is 3.09. The lowest BCUT2D eigenvalue weighted by molar-refractivity contribution is -0.139. The molecule has 0 saturated carbocycles. The van der Waals surface area contributed by atoms with Gasteiger partial charge in [0.15, 0.2) is 0 Å². The molecule has 0 spiro atoms. The Bertz CT molecular complexity index is 907. The molecule has 0 saturated heterocycles. The van der Waals surface area contributed by atoms with Crippen molar-refractivity contribution in [2.24, 2.45) is 0 Å². The molecular formula is C21H21NO4S. The Hall–Kier alpha value is -2.73. The van der Waals surface area contributed by atoms with Crippen molar-refractivity contribution < 1.29 is 19.1 Å². The molecule has 3 rings (SSSR count). The molecule has 5 nitrogen and oxygen atoms in total. The number of hydrogen-bond acceptors (Lipinski definition) is 6. The summed E-state index contributed by atoms with van der Waals surface area (Å²) in [6.07, 6.45) is 0.641. The molecule has 1 atom stereocenters. The molecule has 0 aromatic heterocycles. The van der Waals surface area contributed by atoms with Crippen molar-refractivity contribution in [3.8, 4) is 11.1 Å². The third kappa shape index (κ3) is 3.71. The van der Waals surface area contributed by atoms with Crippen LogP contribution in [0.15, 0.2) is 64.7 Å². The van der Waals surface area contributed by atoms with Gasteiger partial charge in [0.1, 0.15) is 5.70 Å². The summed E-state index contributed by atoms with van der Waals surface area (Å²) >= 11 is 1.55. The van der Waals surface area contributed by atoms with Crippen LogP contribution >= 0.6 is 11.8 Å². The lowest BCUT2D eigenvalue weighted by Gasteiger charge is -2.20. The third-order valence-corrected chi connectivity index (χ3v) is 5.85. The number of benzene rings is 2. The summed E-state index contributed by atoms with van der Waals surface area (Å²) in [4.78, 5) is 26.2. The molecule has 1 N–H and O–H groups in total. The average molecular weight is 383 g/mol. The van der Waals surface area contributed by atoms with E-state index >= 15 is 0 Å². The van der Waals surface area contributed by atoms with Gasteiger partial charge in [-0.3, -0.25) is 0 Å². The largest absolute Gasteiger partial charge is 0.466 e. The van der Waals surface area contributed by atoms with Crippen molar-refractivity contribution in [2.75, 3.05) is 19.5 Å². The number of carbonyl (C=O) groups is 2. The Kier molecular flexibility index (Phi) is 5.86. The van der Waals surface area contributed by atoms with Gasteiger partial charge < -0.3 is 14.8 Å². The van der Waals surface area contributed by atoms with Gasteiger partial charge in [0, 0.05) is 21.4 Å². The first kappa shape index (κ1) is 19.0. The summed E-state index contributed by atoms with van der Waals surface area (Å²) in [5, 5.41) is 2.88. The molecule has 27 heavy (non-hydrogen) atoms. The smallest absolute Gasteiger partial charge is 0.355 e. The molecule has 0 aliphatic carbocycles. The van der Waals surface area contributed by atoms with Gasteiger partial charge in [-0.15, -0.1) is 11.8 Å². The summed E-state index contributed by atoms with van der Waals surface area (Å²) in [6, 6.07) is 15.7. The number of para-hydroxylation sites is 1. The van der Waals surface area contributed by atoms with Gasteiger partial charge >= 0.3 is 11.9 Å². The maximum Gasteiger partial charge on any atom is 0.355 e. The minimum atomic E-state index is -0.602. The Balaban J connectivity index is 2.32. The number of nitrogens with one attached hydrogen (secondary N) is 1. The standard InChI is InChI=1S/C21H21NO4S/c1-4-16-18(20(23)25-2)19(21(24)26-3)22-15-11-7-5-9-13(15)14-10-6-8-12-17(14)27-16/h5-12,16,22H,4H2,1-3H3/b19-18+. The number of methoxy groups -OCH3 is 2. The number of carbonyl (C=O) groups excluding carboxylic acids is 2. The highest BCUT2D eigenvalue weighted by Gasteiger charge is 2.32. The van der Waals surface area contributed by atoms with Crippen molar-refractivity contribution in [3.05, 3.63) is 59.8 Å². The number of hydrogen-bond donors (Lipinski definition) is 1. The molecule has 1 aliphatic heterocycles. The molecule has 1 unspecified atom stereocenters. The molecule has 1 heterocycles. The minimum absolute atomic E-state index is 0.115. The van der Waals surface area contributed by atoms with Crippen molar-refractivity contribution >= 4 is 29.4 Å². The zero-order chi connectivity index (χ0) is 19.4. The monoisotopic (exact) mass is 383 g/mol. The molecule has 0 radical (unpaired) electrons. The van der Waals surface area contributed by atoms with E-state index in [1.165, 1.54) is 14.2 Å². The number of ether oxygens (including phenoxy) is 2. The highest BCUT2D eigenvalue weighted by Crippen LogP contribution is 2.42. The van der Waals surface area contributed by atoms with Crippen LogP contribution in [0, 0.1) is 0 Å². The maximum absolute atomic E-state index is 12.6. The van der Waals surface area contributed by atoms with E-state index in [0.29, 0.717) is 6.42 Å². The second kappa shape index (κ2) is 8.31. The van der Waals surface area contributed by atoms with Gasteiger partial charge in [-0.05, 0) is 24.1 Å². The number of thioether (sulfide) groups is 1. The van der Waals surface area contributed by atoms with Crippen LogP contribution in [0.1, 0.15) is 13.3 Å². The molecule has 140 valence electrons. The predicted octanol–water partition coefficient (Wildman–Crippen LogP) is 4.25. The quantitative estimate of drug-likeness (QED) is 0.800. The van der Waals surface area contributed by atoms with Crippen LogP contribution < -0.4 is 5.32 Å². The summed E-state index contributed by atoms with van der Waals surface area (Å²) < 4.78 is 9.96. The summed E-state index contributed by atoms with van der Waals surface area (Å²) in [6.45, 7) is 1.98. The van der Waals surface area contributed by atoms with E-state index in [4.69, 9.17) is 9.47 Å². The lowest BCUT2D eigenvalue weighted by atomic mass is 10.0. The van der Waals surface area contributed by atoms with Crippen LogP contribution in [-0.4, -0.2) is 31.4 Å². The lowest BCUT2D eigenvalue weighted by Crippen LogP contribution is -2.26. The van der Waals surface area contributed by atoms with Crippen molar-refractivity contribution in [3.63, 3.8) is 0 Å². The second-order valence-electron chi connectivity index (χ2n) is 5.95. The fourth-order valence-corrected chi connectivity index (χ4v) is 4.36. The van der Waals surface area contributed by atoms with E-state index in [0.717, 1.165) is 21.7 Å². The number of esters is 2. The zero-order valence-corrected chi connectivity index (χ0v) is 16.3. The predicted molar refractivity (Wildman–Crippen MR) is 106 cm³/mol. The van der Waals surface area contributed by atoms with Crippen molar-refractivity contribution in [1.29, 1.82) is 0 Å². The van der Waals surface area contributed by atoms with E-state index < -0.39 is 11.9 Å². The Morgan fingerprint density at radius 3 is 2.26 bits per heavy atom. The van der Waals surface area contributed by atoms with Gasteiger partial charge in [-0.25, -0.2) is 9.59 Å². The highest BCUT2D eigenvalue weighted by atomic mass is 32.2. The summed E-state index contributed by atoms with van der Waals surface area (Å²) in [5.41, 5.74) is 3.11. The first-order valence-electron chi connectivity index (χ1n) is 8.63. The molecule has 0 amide bonds. The van der Waals surface area contributed by atoms with E-state index in [2.05, 4.69) is 5.32 Å². The first-order valence-corrected chi connectivity index (χ1v) is 9.51. The minimum Gasteiger partial charge on any atom is -0.466 e. The van der Waals surface area contributed by atoms with Gasteiger partial charge in [-0.1, -0.05) is 43.3 Å². The maximum atomic E-state index is 12.6. The molecule has 0 bridgehead atoms. The Morgan fingerprint density at radius 1 is 0.963 bits per heavy atom. The molecule has 1 aliphatic rings. The zero-order valence-electron chi connectivity index (χ0n) is 15.4. The van der Waals surface area contributed by atoms with Crippen LogP contribution in [0.2, 0.25) is 0 Å². The van der Waals surface area contributed by atoms with Crippen LogP contribution in [0.3, 0.4) is 0 Å². The number of fused-ring (bicyclic) bond motifs is 3. The second-order valence-corrected chi connectivity index (χ2v) is 7.20. The molecular weight excluding hydrogens is 362 g/mol. The first-order chi connectivity index (χ1) is 13.1. The molecule has 0 fully saturated rings. The molecule has 2 aromatic rings. The van der Waals surface area contributed by atoms with Crippen molar-refractivity contribution in [1.82, 2.24) is 0 Å². The summed E-state index contributed by atoms with van der Waals surface area (Å²) in [7, 11) is 2.61. The normalized spacial score (nSPS) is 18.7. The SMILES string of the molecule is CCC1Sc2ccccc2-c2ccccc2N/C(C(=O)OC)=C\1C(=O)OC. The van der Waals surface area contributed by atoms with Gasteiger partial charge in [-0.2, -0.15) is 0 Å². The van der Waals surface area contributed by atoms with Crippen LogP contribution in [-0.2, 0) is 19.1 Å². The average Bonchev–Trinajstić information content (AvgIpc) is 2.77. The van der Waals surface area contributed by atoms with E-state index in [-0.39, 0.29) is 16.5 Å². The van der Waals surface area contributed by atoms with Crippen LogP contribution in [0.5, 0.6) is 0 Å². The van der Waals surface area contributed by atoms with E-state index in [9.17, 15) is 9.59 Å². The van der Waals surface area contributed by atoms with Gasteiger partial charge in [0.05, 0.1) is 19.8 Å². The Morgan fingerprint density at radius 2 is 1.59 bits per heavy atom. The van der Waals surface area contributed by atoms with E-state index in [1.807, 2.05) is 55.5 Å². The van der Waals surface area contributed by atoms with Crippen LogP contribution in [0.4, 0.5) is 5.69 Å².